The number of nitrogen functional groups attached to an aromatic ring is 1. The van der Waals surface area contributed by atoms with Crippen LogP contribution in [0.15, 0.2) is 48.0 Å². The van der Waals surface area contributed by atoms with Gasteiger partial charge in [-0.15, -0.1) is 11.3 Å². The van der Waals surface area contributed by atoms with Crippen molar-refractivity contribution in [3.8, 4) is 11.3 Å². The van der Waals surface area contributed by atoms with E-state index in [0.29, 0.717) is 29.4 Å². The molecule has 3 rings (SSSR count). The third-order valence-corrected chi connectivity index (χ3v) is 5.16. The molecule has 0 bridgehead atoms. The Morgan fingerprint density at radius 1 is 1.27 bits per heavy atom. The van der Waals surface area contributed by atoms with Gasteiger partial charge in [-0.1, -0.05) is 26.0 Å². The fourth-order valence-corrected chi connectivity index (χ4v) is 3.44. The van der Waals surface area contributed by atoms with Crippen molar-refractivity contribution in [1.29, 1.82) is 0 Å². The Labute approximate surface area is 157 Å². The zero-order valence-corrected chi connectivity index (χ0v) is 15.7. The van der Waals surface area contributed by atoms with Crippen LogP contribution in [-0.2, 0) is 6.42 Å². The number of aromatic nitrogens is 2. The first-order valence-electron chi connectivity index (χ1n) is 8.58. The molecule has 0 aliphatic heterocycles. The monoisotopic (exact) mass is 366 g/mol. The first-order valence-corrected chi connectivity index (χ1v) is 9.46. The van der Waals surface area contributed by atoms with Gasteiger partial charge in [0.2, 0.25) is 0 Å². The molecular formula is C20H22N4OS. The van der Waals surface area contributed by atoms with E-state index in [0.717, 1.165) is 22.7 Å². The van der Waals surface area contributed by atoms with Crippen LogP contribution >= 0.6 is 11.3 Å². The molecule has 1 aromatic carbocycles. The van der Waals surface area contributed by atoms with Gasteiger partial charge in [0.1, 0.15) is 0 Å². The van der Waals surface area contributed by atoms with Crippen molar-refractivity contribution >= 4 is 22.9 Å². The Balaban J connectivity index is 1.63. The van der Waals surface area contributed by atoms with Crippen molar-refractivity contribution in [2.45, 2.75) is 26.2 Å². The standard InChI is InChI=1S/C20H22N4OS/c1-13(2)20-24-16(12-26-20)8-10-23-19(25)15-6-3-5-14(11-15)18-17(21)7-4-9-22-18/h3-7,9,11-13H,8,10,21H2,1-2H3,(H,23,25). The van der Waals surface area contributed by atoms with Crippen molar-refractivity contribution in [2.75, 3.05) is 12.3 Å². The Morgan fingerprint density at radius 2 is 2.12 bits per heavy atom. The zero-order chi connectivity index (χ0) is 18.5. The van der Waals surface area contributed by atoms with Crippen molar-refractivity contribution < 1.29 is 4.79 Å². The fourth-order valence-electron chi connectivity index (χ4n) is 2.58. The number of nitrogens with zero attached hydrogens (tertiary/aromatic N) is 2. The lowest BCUT2D eigenvalue weighted by Gasteiger charge is -2.08. The number of carbonyl (C=O) groups is 1. The summed E-state index contributed by atoms with van der Waals surface area (Å²) < 4.78 is 0. The number of hydrogen-bond donors (Lipinski definition) is 2. The molecule has 0 atom stereocenters. The lowest BCUT2D eigenvalue weighted by molar-refractivity contribution is 0.0954. The van der Waals surface area contributed by atoms with Gasteiger partial charge in [0.15, 0.2) is 0 Å². The summed E-state index contributed by atoms with van der Waals surface area (Å²) in [4.78, 5) is 21.3. The summed E-state index contributed by atoms with van der Waals surface area (Å²) >= 11 is 1.67. The lowest BCUT2D eigenvalue weighted by atomic mass is 10.1. The van der Waals surface area contributed by atoms with Gasteiger partial charge in [-0.3, -0.25) is 9.78 Å². The molecule has 2 heterocycles. The Kier molecular flexibility index (Phi) is 5.63. The number of nitrogens with two attached hydrogens (primary N) is 1. The summed E-state index contributed by atoms with van der Waals surface area (Å²) in [5.41, 5.74) is 9.70. The third-order valence-electron chi connectivity index (χ3n) is 3.97. The molecule has 6 heteroatoms. The minimum Gasteiger partial charge on any atom is -0.397 e. The number of nitrogens with one attached hydrogen (secondary N) is 1. The number of rotatable bonds is 6. The molecule has 26 heavy (non-hydrogen) atoms. The van der Waals surface area contributed by atoms with Crippen molar-refractivity contribution in [2.24, 2.45) is 0 Å². The van der Waals surface area contributed by atoms with Gasteiger partial charge in [-0.25, -0.2) is 4.98 Å². The molecule has 2 aromatic heterocycles. The van der Waals surface area contributed by atoms with E-state index in [-0.39, 0.29) is 5.91 Å². The van der Waals surface area contributed by atoms with Crippen LogP contribution in [0.25, 0.3) is 11.3 Å². The first kappa shape index (κ1) is 18.1. The predicted molar refractivity (Wildman–Crippen MR) is 106 cm³/mol. The van der Waals surface area contributed by atoms with E-state index in [1.165, 1.54) is 0 Å². The predicted octanol–water partition coefficient (Wildman–Crippen LogP) is 3.88. The maximum absolute atomic E-state index is 12.4. The molecule has 134 valence electrons. The molecule has 0 radical (unpaired) electrons. The van der Waals surface area contributed by atoms with Gasteiger partial charge in [0.05, 0.1) is 22.1 Å². The highest BCUT2D eigenvalue weighted by Crippen LogP contribution is 2.23. The van der Waals surface area contributed by atoms with E-state index in [4.69, 9.17) is 5.73 Å². The molecule has 1 amide bonds. The number of thiazole rings is 1. The van der Waals surface area contributed by atoms with Crippen LogP contribution in [0.5, 0.6) is 0 Å². The van der Waals surface area contributed by atoms with Crippen LogP contribution in [0.1, 0.15) is 40.8 Å². The van der Waals surface area contributed by atoms with Crippen LogP contribution in [0.4, 0.5) is 5.69 Å². The van der Waals surface area contributed by atoms with E-state index in [1.54, 1.807) is 35.7 Å². The van der Waals surface area contributed by atoms with E-state index in [2.05, 4.69) is 34.5 Å². The van der Waals surface area contributed by atoms with Crippen LogP contribution in [0.3, 0.4) is 0 Å². The van der Waals surface area contributed by atoms with Gasteiger partial charge in [-0.2, -0.15) is 0 Å². The number of pyridine rings is 1. The molecule has 3 N–H and O–H groups in total. The molecule has 0 spiro atoms. The Morgan fingerprint density at radius 3 is 2.85 bits per heavy atom. The summed E-state index contributed by atoms with van der Waals surface area (Å²) in [6.07, 6.45) is 2.42. The SMILES string of the molecule is CC(C)c1nc(CCNC(=O)c2cccc(-c3ncccc3N)c2)cs1. The maximum Gasteiger partial charge on any atom is 0.251 e. The second-order valence-corrected chi connectivity index (χ2v) is 7.25. The average Bonchev–Trinajstić information content (AvgIpc) is 3.11. The van der Waals surface area contributed by atoms with Crippen molar-refractivity contribution in [3.63, 3.8) is 0 Å². The Hall–Kier alpha value is -2.73. The molecule has 5 nitrogen and oxygen atoms in total. The van der Waals surface area contributed by atoms with Crippen LogP contribution in [0, 0.1) is 0 Å². The number of hydrogen-bond acceptors (Lipinski definition) is 5. The third kappa shape index (κ3) is 4.26. The second kappa shape index (κ2) is 8.10. The average molecular weight is 366 g/mol. The van der Waals surface area contributed by atoms with Gasteiger partial charge >= 0.3 is 0 Å². The molecule has 0 saturated carbocycles. The topological polar surface area (TPSA) is 80.9 Å². The zero-order valence-electron chi connectivity index (χ0n) is 14.9. The van der Waals surface area contributed by atoms with E-state index in [1.807, 2.05) is 18.2 Å². The fraction of sp³-hybridized carbons (Fsp3) is 0.250. The summed E-state index contributed by atoms with van der Waals surface area (Å²) in [6, 6.07) is 10.9. The van der Waals surface area contributed by atoms with Gasteiger partial charge < -0.3 is 11.1 Å². The van der Waals surface area contributed by atoms with Crippen molar-refractivity contribution in [1.82, 2.24) is 15.3 Å². The quantitative estimate of drug-likeness (QED) is 0.694. The number of amides is 1. The van der Waals surface area contributed by atoms with Crippen LogP contribution in [-0.4, -0.2) is 22.4 Å². The molecule has 0 fully saturated rings. The lowest BCUT2D eigenvalue weighted by Crippen LogP contribution is -2.25. The number of carbonyl (C=O) groups excluding carboxylic acids is 1. The Bertz CT molecular complexity index is 904. The van der Waals surface area contributed by atoms with Gasteiger partial charge in [-0.05, 0) is 24.3 Å². The highest BCUT2D eigenvalue weighted by atomic mass is 32.1. The summed E-state index contributed by atoms with van der Waals surface area (Å²) in [7, 11) is 0. The largest absolute Gasteiger partial charge is 0.397 e. The molecule has 0 unspecified atom stereocenters. The molecule has 0 saturated heterocycles. The maximum atomic E-state index is 12.4. The highest BCUT2D eigenvalue weighted by molar-refractivity contribution is 7.09. The van der Waals surface area contributed by atoms with Crippen LogP contribution in [0.2, 0.25) is 0 Å². The van der Waals surface area contributed by atoms with E-state index in [9.17, 15) is 4.79 Å². The number of benzene rings is 1. The summed E-state index contributed by atoms with van der Waals surface area (Å²) in [5.74, 6) is 0.325. The molecule has 3 aromatic rings. The molecule has 0 aliphatic carbocycles. The van der Waals surface area contributed by atoms with E-state index >= 15 is 0 Å². The summed E-state index contributed by atoms with van der Waals surface area (Å²) in [6.45, 7) is 4.81. The smallest absolute Gasteiger partial charge is 0.251 e. The highest BCUT2D eigenvalue weighted by Gasteiger charge is 2.10. The van der Waals surface area contributed by atoms with E-state index < -0.39 is 0 Å². The van der Waals surface area contributed by atoms with Crippen LogP contribution < -0.4 is 11.1 Å². The number of anilines is 1. The summed E-state index contributed by atoms with van der Waals surface area (Å²) in [5, 5.41) is 6.15. The van der Waals surface area contributed by atoms with Crippen molar-refractivity contribution in [3.05, 3.63) is 64.2 Å². The minimum atomic E-state index is -0.110. The molecule has 0 aliphatic rings. The normalized spacial score (nSPS) is 10.9. The van der Waals surface area contributed by atoms with Gasteiger partial charge in [0, 0.05) is 41.6 Å². The van der Waals surface area contributed by atoms with Gasteiger partial charge in [0.25, 0.3) is 5.91 Å². The molecular weight excluding hydrogens is 344 g/mol. The first-order chi connectivity index (χ1) is 12.5. The minimum absolute atomic E-state index is 0.110. The second-order valence-electron chi connectivity index (χ2n) is 6.36.